The summed E-state index contributed by atoms with van der Waals surface area (Å²) in [6.07, 6.45) is 2.41. The number of pyridine rings is 1. The highest BCUT2D eigenvalue weighted by atomic mass is 16.5. The van der Waals surface area contributed by atoms with Gasteiger partial charge in [-0.15, -0.1) is 5.10 Å². The van der Waals surface area contributed by atoms with Crippen LogP contribution in [0.15, 0.2) is 30.3 Å². The highest BCUT2D eigenvalue weighted by molar-refractivity contribution is 5.93. The van der Waals surface area contributed by atoms with Crippen LogP contribution < -0.4 is 15.0 Å². The minimum absolute atomic E-state index is 0.106. The lowest BCUT2D eigenvalue weighted by molar-refractivity contribution is -0.118. The Morgan fingerprint density at radius 1 is 1.23 bits per heavy atom. The van der Waals surface area contributed by atoms with E-state index in [1.165, 1.54) is 12.8 Å². The van der Waals surface area contributed by atoms with Crippen molar-refractivity contribution >= 4 is 28.3 Å². The van der Waals surface area contributed by atoms with Gasteiger partial charge in [-0.05, 0) is 62.4 Å². The predicted octanol–water partition coefficient (Wildman–Crippen LogP) is 3.84. The topological polar surface area (TPSA) is 72.3 Å². The van der Waals surface area contributed by atoms with Gasteiger partial charge >= 0.3 is 0 Å². The normalized spacial score (nSPS) is 14.9. The van der Waals surface area contributed by atoms with Gasteiger partial charge in [0.2, 0.25) is 5.88 Å². The molecule has 0 atom stereocenters. The molecule has 3 aromatic rings. The smallest absolute Gasteiger partial charge is 0.262 e. The van der Waals surface area contributed by atoms with Crippen LogP contribution in [0.5, 0.6) is 5.88 Å². The van der Waals surface area contributed by atoms with Gasteiger partial charge < -0.3 is 15.0 Å². The molecule has 1 saturated heterocycles. The lowest BCUT2D eigenvalue weighted by atomic mass is 9.99. The van der Waals surface area contributed by atoms with Crippen LogP contribution in [0.4, 0.5) is 11.4 Å². The molecule has 0 bridgehead atoms. The fraction of sp³-hybridized carbons (Fsp3) is 0.435. The van der Waals surface area contributed by atoms with E-state index in [-0.39, 0.29) is 12.5 Å². The van der Waals surface area contributed by atoms with Gasteiger partial charge in [0, 0.05) is 37.2 Å². The van der Waals surface area contributed by atoms with Crippen molar-refractivity contribution in [3.8, 4) is 5.88 Å². The number of piperidine rings is 1. The van der Waals surface area contributed by atoms with E-state index in [4.69, 9.17) is 4.74 Å². The third-order valence-electron chi connectivity index (χ3n) is 5.71. The highest BCUT2D eigenvalue weighted by Gasteiger charge is 2.17. The molecule has 1 aromatic carbocycles. The van der Waals surface area contributed by atoms with E-state index in [1.54, 1.807) is 4.68 Å². The number of aryl methyl sites for hydroxylation is 3. The SMILES string of the molecule is Cc1cc(C)c2c(OCC(=O)Nc3cccc(N4CCC(C)CC4)c3)nn(C)c2n1. The van der Waals surface area contributed by atoms with Crippen molar-refractivity contribution in [3.63, 3.8) is 0 Å². The largest absolute Gasteiger partial charge is 0.466 e. The van der Waals surface area contributed by atoms with Gasteiger partial charge in [-0.1, -0.05) is 13.0 Å². The monoisotopic (exact) mass is 407 g/mol. The molecule has 0 aliphatic carbocycles. The lowest BCUT2D eigenvalue weighted by Crippen LogP contribution is -2.32. The summed E-state index contributed by atoms with van der Waals surface area (Å²) in [7, 11) is 1.83. The Morgan fingerprint density at radius 3 is 2.77 bits per heavy atom. The maximum Gasteiger partial charge on any atom is 0.262 e. The van der Waals surface area contributed by atoms with Crippen molar-refractivity contribution in [2.45, 2.75) is 33.6 Å². The van der Waals surface area contributed by atoms with Crippen molar-refractivity contribution in [2.24, 2.45) is 13.0 Å². The van der Waals surface area contributed by atoms with Crippen LogP contribution in [0, 0.1) is 19.8 Å². The van der Waals surface area contributed by atoms with Crippen LogP contribution in [0.2, 0.25) is 0 Å². The summed E-state index contributed by atoms with van der Waals surface area (Å²) >= 11 is 0. The number of carbonyl (C=O) groups excluding carboxylic acids is 1. The first-order chi connectivity index (χ1) is 14.4. The van der Waals surface area contributed by atoms with E-state index in [2.05, 4.69) is 33.3 Å². The summed E-state index contributed by atoms with van der Waals surface area (Å²) in [5.41, 5.74) is 4.64. The molecule has 1 aliphatic heterocycles. The zero-order chi connectivity index (χ0) is 21.3. The van der Waals surface area contributed by atoms with E-state index in [9.17, 15) is 4.79 Å². The molecule has 1 N–H and O–H groups in total. The van der Waals surface area contributed by atoms with Crippen molar-refractivity contribution in [1.82, 2.24) is 14.8 Å². The molecule has 1 fully saturated rings. The third-order valence-corrected chi connectivity index (χ3v) is 5.71. The third kappa shape index (κ3) is 4.25. The number of ether oxygens (including phenoxy) is 1. The minimum Gasteiger partial charge on any atom is -0.466 e. The van der Waals surface area contributed by atoms with Crippen molar-refractivity contribution < 1.29 is 9.53 Å². The number of nitrogens with zero attached hydrogens (tertiary/aromatic N) is 4. The van der Waals surface area contributed by atoms with Gasteiger partial charge in [0.15, 0.2) is 12.3 Å². The number of carbonyl (C=O) groups is 1. The molecule has 1 amide bonds. The number of anilines is 2. The summed E-state index contributed by atoms with van der Waals surface area (Å²) in [4.78, 5) is 19.4. The van der Waals surface area contributed by atoms with Gasteiger partial charge in [0.05, 0.1) is 5.39 Å². The van der Waals surface area contributed by atoms with Gasteiger partial charge in [-0.2, -0.15) is 0 Å². The predicted molar refractivity (Wildman–Crippen MR) is 119 cm³/mol. The molecule has 7 heteroatoms. The molecule has 3 heterocycles. The fourth-order valence-electron chi connectivity index (χ4n) is 4.03. The van der Waals surface area contributed by atoms with E-state index in [0.717, 1.165) is 52.7 Å². The van der Waals surface area contributed by atoms with E-state index in [0.29, 0.717) is 5.88 Å². The second-order valence-corrected chi connectivity index (χ2v) is 8.26. The summed E-state index contributed by atoms with van der Waals surface area (Å²) in [5, 5.41) is 8.18. The molecule has 0 radical (unpaired) electrons. The molecule has 1 aliphatic rings. The van der Waals surface area contributed by atoms with Crippen LogP contribution in [0.25, 0.3) is 11.0 Å². The molecule has 0 unspecified atom stereocenters. The second-order valence-electron chi connectivity index (χ2n) is 8.26. The standard InChI is InChI=1S/C23H29N5O2/c1-15-8-10-28(11-9-15)19-7-5-6-18(13-19)25-20(29)14-30-23-21-16(2)12-17(3)24-22(21)27(4)26-23/h5-7,12-13,15H,8-11,14H2,1-4H3,(H,25,29). The van der Waals surface area contributed by atoms with Gasteiger partial charge in [0.1, 0.15) is 0 Å². The maximum absolute atomic E-state index is 12.5. The number of aromatic nitrogens is 3. The number of fused-ring (bicyclic) bond motifs is 1. The number of nitrogens with one attached hydrogen (secondary N) is 1. The average Bonchev–Trinajstić information content (AvgIpc) is 3.03. The van der Waals surface area contributed by atoms with Crippen LogP contribution in [-0.4, -0.2) is 40.4 Å². The number of hydrogen-bond acceptors (Lipinski definition) is 5. The fourth-order valence-corrected chi connectivity index (χ4v) is 4.03. The molecule has 7 nitrogen and oxygen atoms in total. The summed E-state index contributed by atoms with van der Waals surface area (Å²) in [5.74, 6) is 1.01. The molecule has 0 spiro atoms. The van der Waals surface area contributed by atoms with Gasteiger partial charge in [0.25, 0.3) is 5.91 Å². The van der Waals surface area contributed by atoms with Crippen molar-refractivity contribution in [3.05, 3.63) is 41.6 Å². The van der Waals surface area contributed by atoms with Crippen molar-refractivity contribution in [1.29, 1.82) is 0 Å². The molecule has 158 valence electrons. The Balaban J connectivity index is 1.41. The molecule has 30 heavy (non-hydrogen) atoms. The highest BCUT2D eigenvalue weighted by Crippen LogP contribution is 2.27. The second kappa shape index (κ2) is 8.34. The maximum atomic E-state index is 12.5. The van der Waals surface area contributed by atoms with Crippen molar-refractivity contribution in [2.75, 3.05) is 29.9 Å². The lowest BCUT2D eigenvalue weighted by Gasteiger charge is -2.32. The van der Waals surface area contributed by atoms with Gasteiger partial charge in [-0.25, -0.2) is 9.67 Å². The van der Waals surface area contributed by atoms with Gasteiger partial charge in [-0.3, -0.25) is 4.79 Å². The zero-order valence-corrected chi connectivity index (χ0v) is 18.1. The average molecular weight is 408 g/mol. The van der Waals surface area contributed by atoms with Crippen LogP contribution >= 0.6 is 0 Å². The summed E-state index contributed by atoms with van der Waals surface area (Å²) < 4.78 is 7.44. The summed E-state index contributed by atoms with van der Waals surface area (Å²) in [6.45, 7) is 8.26. The first-order valence-corrected chi connectivity index (χ1v) is 10.5. The summed E-state index contributed by atoms with van der Waals surface area (Å²) in [6, 6.07) is 10.00. The molecule has 4 rings (SSSR count). The Kier molecular flexibility index (Phi) is 5.61. The number of benzene rings is 1. The molecule has 0 saturated carbocycles. The van der Waals surface area contributed by atoms with E-state index < -0.39 is 0 Å². The quantitative estimate of drug-likeness (QED) is 0.696. The minimum atomic E-state index is -0.212. The molecule has 2 aromatic heterocycles. The molecular formula is C23H29N5O2. The van der Waals surface area contributed by atoms with E-state index in [1.807, 2.05) is 45.2 Å². The van der Waals surface area contributed by atoms with Crippen LogP contribution in [0.1, 0.15) is 31.0 Å². The van der Waals surface area contributed by atoms with E-state index >= 15 is 0 Å². The number of amides is 1. The Hall–Kier alpha value is -3.09. The van der Waals surface area contributed by atoms with Crippen LogP contribution in [-0.2, 0) is 11.8 Å². The Labute approximate surface area is 177 Å². The Morgan fingerprint density at radius 2 is 2.00 bits per heavy atom. The first-order valence-electron chi connectivity index (χ1n) is 10.5. The first kappa shape index (κ1) is 20.2. The number of hydrogen-bond donors (Lipinski definition) is 1. The molecular weight excluding hydrogens is 378 g/mol. The zero-order valence-electron chi connectivity index (χ0n) is 18.1. The van der Waals surface area contributed by atoms with Crippen LogP contribution in [0.3, 0.4) is 0 Å². The Bertz CT molecular complexity index is 1070. The number of rotatable bonds is 5.